The van der Waals surface area contributed by atoms with Crippen molar-refractivity contribution in [1.82, 2.24) is 14.8 Å². The van der Waals surface area contributed by atoms with Gasteiger partial charge in [0.05, 0.1) is 30.7 Å². The van der Waals surface area contributed by atoms with Gasteiger partial charge in [0.25, 0.3) is 0 Å². The van der Waals surface area contributed by atoms with Crippen molar-refractivity contribution in [3.05, 3.63) is 36.8 Å². The van der Waals surface area contributed by atoms with Crippen molar-refractivity contribution < 1.29 is 4.74 Å². The summed E-state index contributed by atoms with van der Waals surface area (Å²) in [5.41, 5.74) is 9.48. The molecule has 5 nitrogen and oxygen atoms in total. The summed E-state index contributed by atoms with van der Waals surface area (Å²) in [6.07, 6.45) is 5.48. The zero-order valence-corrected chi connectivity index (χ0v) is 10.8. The minimum absolute atomic E-state index is 0.623. The van der Waals surface area contributed by atoms with E-state index in [-0.39, 0.29) is 0 Å². The van der Waals surface area contributed by atoms with Gasteiger partial charge in [-0.15, -0.1) is 0 Å². The SMILES string of the molecule is COc1cc(-c2cncc3c2cnn3C)ccc1N. The van der Waals surface area contributed by atoms with Crippen LogP contribution in [0.5, 0.6) is 5.75 Å². The maximum Gasteiger partial charge on any atom is 0.142 e. The fourth-order valence-electron chi connectivity index (χ4n) is 2.17. The van der Waals surface area contributed by atoms with Gasteiger partial charge in [0.1, 0.15) is 5.75 Å². The maximum absolute atomic E-state index is 5.84. The van der Waals surface area contributed by atoms with Gasteiger partial charge in [0, 0.05) is 24.2 Å². The summed E-state index contributed by atoms with van der Waals surface area (Å²) in [6, 6.07) is 5.71. The first kappa shape index (κ1) is 11.5. The smallest absolute Gasteiger partial charge is 0.142 e. The van der Waals surface area contributed by atoms with E-state index in [0.717, 1.165) is 22.0 Å². The molecule has 0 aliphatic rings. The van der Waals surface area contributed by atoms with E-state index in [9.17, 15) is 0 Å². The number of hydrogen-bond donors (Lipinski definition) is 1. The second-order valence-electron chi connectivity index (χ2n) is 4.34. The Hall–Kier alpha value is -2.56. The number of nitrogen functional groups attached to an aromatic ring is 1. The van der Waals surface area contributed by atoms with E-state index < -0.39 is 0 Å². The van der Waals surface area contributed by atoms with E-state index in [2.05, 4.69) is 10.1 Å². The Kier molecular flexibility index (Phi) is 2.59. The normalized spacial score (nSPS) is 10.8. The number of methoxy groups -OCH3 is 1. The Morgan fingerprint density at radius 1 is 1.21 bits per heavy atom. The molecule has 0 saturated carbocycles. The number of hydrogen-bond acceptors (Lipinski definition) is 4. The standard InChI is InChI=1S/C14H14N4O/c1-18-13-8-16-6-10(11(13)7-17-18)9-3-4-12(15)14(5-9)19-2/h3-8H,15H2,1-2H3. The number of pyridine rings is 1. The highest BCUT2D eigenvalue weighted by Gasteiger charge is 2.09. The van der Waals surface area contributed by atoms with E-state index in [1.165, 1.54) is 0 Å². The number of benzene rings is 1. The van der Waals surface area contributed by atoms with Crippen LogP contribution >= 0.6 is 0 Å². The molecule has 19 heavy (non-hydrogen) atoms. The highest BCUT2D eigenvalue weighted by molar-refractivity contribution is 5.94. The Balaban J connectivity index is 2.24. The molecule has 2 N–H and O–H groups in total. The molecule has 0 saturated heterocycles. The molecule has 0 fully saturated rings. The number of rotatable bonds is 2. The first-order valence-electron chi connectivity index (χ1n) is 5.90. The molecule has 2 heterocycles. The number of aryl methyl sites for hydroxylation is 1. The van der Waals surface area contributed by atoms with Gasteiger partial charge in [0.2, 0.25) is 0 Å². The number of aromatic nitrogens is 3. The fourth-order valence-corrected chi connectivity index (χ4v) is 2.17. The Morgan fingerprint density at radius 2 is 2.05 bits per heavy atom. The minimum Gasteiger partial charge on any atom is -0.495 e. The summed E-state index contributed by atoms with van der Waals surface area (Å²) < 4.78 is 7.06. The monoisotopic (exact) mass is 254 g/mol. The largest absolute Gasteiger partial charge is 0.495 e. The van der Waals surface area contributed by atoms with Crippen LogP contribution in [0.2, 0.25) is 0 Å². The van der Waals surface area contributed by atoms with Gasteiger partial charge < -0.3 is 10.5 Å². The number of anilines is 1. The van der Waals surface area contributed by atoms with E-state index >= 15 is 0 Å². The van der Waals surface area contributed by atoms with Crippen molar-refractivity contribution in [3.63, 3.8) is 0 Å². The lowest BCUT2D eigenvalue weighted by molar-refractivity contribution is 0.417. The molecule has 3 aromatic rings. The molecular weight excluding hydrogens is 240 g/mol. The van der Waals surface area contributed by atoms with Crippen molar-refractivity contribution in [2.24, 2.45) is 7.05 Å². The van der Waals surface area contributed by atoms with Gasteiger partial charge in [0.15, 0.2) is 0 Å². The van der Waals surface area contributed by atoms with E-state index in [0.29, 0.717) is 11.4 Å². The highest BCUT2D eigenvalue weighted by atomic mass is 16.5. The Bertz CT molecular complexity index is 748. The van der Waals surface area contributed by atoms with Gasteiger partial charge in [-0.1, -0.05) is 6.07 Å². The number of fused-ring (bicyclic) bond motifs is 1. The molecular formula is C14H14N4O. The van der Waals surface area contributed by atoms with E-state index in [1.54, 1.807) is 18.0 Å². The number of nitrogens with zero attached hydrogens (tertiary/aromatic N) is 3. The van der Waals surface area contributed by atoms with Gasteiger partial charge in [-0.2, -0.15) is 5.10 Å². The summed E-state index contributed by atoms with van der Waals surface area (Å²) >= 11 is 0. The second kappa shape index (κ2) is 4.28. The first-order chi connectivity index (χ1) is 9.20. The van der Waals surface area contributed by atoms with Crippen LogP contribution in [0.1, 0.15) is 0 Å². The molecule has 5 heteroatoms. The van der Waals surface area contributed by atoms with Gasteiger partial charge in [-0.25, -0.2) is 0 Å². The molecule has 0 aliphatic carbocycles. The van der Waals surface area contributed by atoms with Crippen LogP contribution in [0.25, 0.3) is 22.0 Å². The third-order valence-electron chi connectivity index (χ3n) is 3.22. The van der Waals surface area contributed by atoms with Crippen LogP contribution in [0.3, 0.4) is 0 Å². The van der Waals surface area contributed by atoms with Crippen molar-refractivity contribution in [1.29, 1.82) is 0 Å². The third-order valence-corrected chi connectivity index (χ3v) is 3.22. The molecule has 0 atom stereocenters. The van der Waals surface area contributed by atoms with E-state index in [4.69, 9.17) is 10.5 Å². The van der Waals surface area contributed by atoms with E-state index in [1.807, 2.05) is 37.6 Å². The molecule has 0 bridgehead atoms. The van der Waals surface area contributed by atoms with Crippen molar-refractivity contribution >= 4 is 16.6 Å². The molecule has 2 aromatic heterocycles. The highest BCUT2D eigenvalue weighted by Crippen LogP contribution is 2.32. The zero-order chi connectivity index (χ0) is 13.4. The fraction of sp³-hybridized carbons (Fsp3) is 0.143. The summed E-state index contributed by atoms with van der Waals surface area (Å²) in [5, 5.41) is 5.32. The molecule has 0 unspecified atom stereocenters. The van der Waals surface area contributed by atoms with Crippen LogP contribution in [0, 0.1) is 0 Å². The summed E-state index contributed by atoms with van der Waals surface area (Å²) in [5.74, 6) is 0.665. The van der Waals surface area contributed by atoms with Crippen LogP contribution < -0.4 is 10.5 Å². The van der Waals surface area contributed by atoms with Crippen LogP contribution in [-0.4, -0.2) is 21.9 Å². The topological polar surface area (TPSA) is 66.0 Å². The Labute approximate surface area is 110 Å². The molecule has 0 aliphatic heterocycles. The predicted molar refractivity (Wildman–Crippen MR) is 74.9 cm³/mol. The van der Waals surface area contributed by atoms with Crippen molar-refractivity contribution in [2.75, 3.05) is 12.8 Å². The average Bonchev–Trinajstić information content (AvgIpc) is 2.81. The molecule has 1 aromatic carbocycles. The lowest BCUT2D eigenvalue weighted by Crippen LogP contribution is -1.93. The van der Waals surface area contributed by atoms with Crippen LogP contribution in [0.4, 0.5) is 5.69 Å². The van der Waals surface area contributed by atoms with Gasteiger partial charge in [-0.3, -0.25) is 9.67 Å². The van der Waals surface area contributed by atoms with Crippen LogP contribution in [0.15, 0.2) is 36.8 Å². The molecule has 0 amide bonds. The maximum atomic E-state index is 5.84. The molecule has 0 radical (unpaired) electrons. The third kappa shape index (κ3) is 1.79. The van der Waals surface area contributed by atoms with Gasteiger partial charge in [-0.05, 0) is 17.7 Å². The first-order valence-corrected chi connectivity index (χ1v) is 5.90. The predicted octanol–water partition coefficient (Wildman–Crippen LogP) is 2.23. The van der Waals surface area contributed by atoms with Crippen LogP contribution in [-0.2, 0) is 7.05 Å². The molecule has 96 valence electrons. The summed E-state index contributed by atoms with van der Waals surface area (Å²) in [6.45, 7) is 0. The molecule has 3 rings (SSSR count). The summed E-state index contributed by atoms with van der Waals surface area (Å²) in [7, 11) is 3.51. The Morgan fingerprint density at radius 3 is 2.84 bits per heavy atom. The van der Waals surface area contributed by atoms with Gasteiger partial charge >= 0.3 is 0 Å². The second-order valence-corrected chi connectivity index (χ2v) is 4.34. The molecule has 0 spiro atoms. The van der Waals surface area contributed by atoms with Crippen molar-refractivity contribution in [2.45, 2.75) is 0 Å². The number of nitrogens with two attached hydrogens (primary N) is 1. The quantitative estimate of drug-likeness (QED) is 0.712. The minimum atomic E-state index is 0.623. The lowest BCUT2D eigenvalue weighted by Gasteiger charge is -2.08. The van der Waals surface area contributed by atoms with Crippen molar-refractivity contribution in [3.8, 4) is 16.9 Å². The summed E-state index contributed by atoms with van der Waals surface area (Å²) in [4.78, 5) is 4.27. The lowest BCUT2D eigenvalue weighted by atomic mass is 10.0. The zero-order valence-electron chi connectivity index (χ0n) is 10.8. The number of ether oxygens (including phenoxy) is 1. The average molecular weight is 254 g/mol.